The van der Waals surface area contributed by atoms with Crippen LogP contribution >= 0.6 is 0 Å². The lowest BCUT2D eigenvalue weighted by atomic mass is 9.90. The third kappa shape index (κ3) is 2.32. The Bertz CT molecular complexity index is 970. The predicted molar refractivity (Wildman–Crippen MR) is 89.0 cm³/mol. The number of carbonyl (C=O) groups excluding carboxylic acids is 1. The molecule has 1 aliphatic heterocycles. The van der Waals surface area contributed by atoms with Gasteiger partial charge in [-0.05, 0) is 30.7 Å². The first kappa shape index (κ1) is 13.8. The van der Waals surface area contributed by atoms with E-state index in [9.17, 15) is 9.59 Å². The molecule has 4 rings (SSSR count). The van der Waals surface area contributed by atoms with Crippen LogP contribution in [-0.2, 0) is 0 Å². The van der Waals surface area contributed by atoms with Gasteiger partial charge in [0.25, 0.3) is 0 Å². The molecule has 0 amide bonds. The van der Waals surface area contributed by atoms with Gasteiger partial charge in [-0.25, -0.2) is 4.79 Å². The van der Waals surface area contributed by atoms with Crippen LogP contribution < -0.4 is 10.9 Å². The molecule has 4 heteroatoms. The van der Waals surface area contributed by atoms with Gasteiger partial charge in [0.15, 0.2) is 5.78 Å². The second-order valence-corrected chi connectivity index (χ2v) is 5.89. The Hall–Kier alpha value is -2.88. The molecule has 0 aliphatic carbocycles. The molecular weight excluding hydrogens is 290 g/mol. The molecule has 1 unspecified atom stereocenters. The summed E-state index contributed by atoms with van der Waals surface area (Å²) in [5.74, 6) is 0.0590. The van der Waals surface area contributed by atoms with E-state index in [0.717, 1.165) is 11.3 Å². The minimum atomic E-state index is -0.411. The van der Waals surface area contributed by atoms with Crippen LogP contribution in [0.3, 0.4) is 0 Å². The van der Waals surface area contributed by atoms with Crippen LogP contribution in [-0.4, -0.2) is 5.78 Å². The number of fused-ring (bicyclic) bond motifs is 3. The highest BCUT2D eigenvalue weighted by atomic mass is 16.4. The van der Waals surface area contributed by atoms with Crippen LogP contribution in [0.1, 0.15) is 33.9 Å². The number of benzene rings is 2. The van der Waals surface area contributed by atoms with Crippen LogP contribution in [0.25, 0.3) is 11.0 Å². The van der Waals surface area contributed by atoms with Gasteiger partial charge < -0.3 is 9.73 Å². The Morgan fingerprint density at radius 1 is 1.00 bits per heavy atom. The zero-order valence-electron chi connectivity index (χ0n) is 12.6. The lowest BCUT2D eigenvalue weighted by Gasteiger charge is -2.27. The zero-order valence-corrected chi connectivity index (χ0v) is 12.6. The largest absolute Gasteiger partial charge is 0.423 e. The average molecular weight is 305 g/mol. The molecule has 0 saturated heterocycles. The number of hydrogen-bond donors (Lipinski definition) is 1. The van der Waals surface area contributed by atoms with Gasteiger partial charge in [-0.3, -0.25) is 4.79 Å². The summed E-state index contributed by atoms with van der Waals surface area (Å²) in [5.41, 5.74) is 3.71. The van der Waals surface area contributed by atoms with Gasteiger partial charge in [-0.15, -0.1) is 0 Å². The van der Waals surface area contributed by atoms with Crippen molar-refractivity contribution in [1.82, 2.24) is 0 Å². The first-order chi connectivity index (χ1) is 11.1. The molecule has 0 radical (unpaired) electrons. The van der Waals surface area contributed by atoms with E-state index in [-0.39, 0.29) is 11.8 Å². The van der Waals surface area contributed by atoms with E-state index >= 15 is 0 Å². The molecule has 2 heterocycles. The molecular formula is C19H15NO3. The molecule has 3 aromatic rings. The van der Waals surface area contributed by atoms with Gasteiger partial charge in [0.05, 0.1) is 11.6 Å². The molecule has 0 spiro atoms. The highest BCUT2D eigenvalue weighted by Gasteiger charge is 2.27. The number of rotatable bonds is 1. The van der Waals surface area contributed by atoms with Gasteiger partial charge >= 0.3 is 5.63 Å². The maximum Gasteiger partial charge on any atom is 0.336 e. The first-order valence-electron chi connectivity index (χ1n) is 7.55. The molecule has 0 saturated carbocycles. The van der Waals surface area contributed by atoms with Crippen molar-refractivity contribution in [2.24, 2.45) is 0 Å². The SMILES string of the molecule is Cc1ccc(C2CC(=O)c3c(ccc4oc(=O)ccc34)N2)cc1. The number of anilines is 1. The summed E-state index contributed by atoms with van der Waals surface area (Å²) in [5, 5.41) is 4.11. The fourth-order valence-electron chi connectivity index (χ4n) is 3.10. The van der Waals surface area contributed by atoms with E-state index in [2.05, 4.69) is 5.32 Å². The van der Waals surface area contributed by atoms with Crippen molar-refractivity contribution in [3.05, 3.63) is 75.6 Å². The molecule has 1 aromatic heterocycles. The van der Waals surface area contributed by atoms with Crippen molar-refractivity contribution in [3.8, 4) is 0 Å². The molecule has 114 valence electrons. The lowest BCUT2D eigenvalue weighted by molar-refractivity contribution is 0.0974. The van der Waals surface area contributed by atoms with Crippen LogP contribution in [0.5, 0.6) is 0 Å². The van der Waals surface area contributed by atoms with Gasteiger partial charge in [-0.1, -0.05) is 29.8 Å². The summed E-state index contributed by atoms with van der Waals surface area (Å²) in [6.45, 7) is 2.04. The summed E-state index contributed by atoms with van der Waals surface area (Å²) >= 11 is 0. The Morgan fingerprint density at radius 2 is 1.78 bits per heavy atom. The normalized spacial score (nSPS) is 16.9. The summed E-state index contributed by atoms with van der Waals surface area (Å²) in [6.07, 6.45) is 0.383. The maximum absolute atomic E-state index is 12.7. The molecule has 0 bridgehead atoms. The van der Waals surface area contributed by atoms with Crippen molar-refractivity contribution in [2.45, 2.75) is 19.4 Å². The van der Waals surface area contributed by atoms with Crippen molar-refractivity contribution < 1.29 is 9.21 Å². The highest BCUT2D eigenvalue weighted by molar-refractivity contribution is 6.13. The number of aryl methyl sites for hydroxylation is 1. The third-order valence-corrected chi connectivity index (χ3v) is 4.28. The molecule has 1 atom stereocenters. The minimum Gasteiger partial charge on any atom is -0.423 e. The summed E-state index contributed by atoms with van der Waals surface area (Å²) < 4.78 is 5.17. The summed E-state index contributed by atoms with van der Waals surface area (Å²) in [4.78, 5) is 24.0. The van der Waals surface area contributed by atoms with Crippen LogP contribution in [0, 0.1) is 6.92 Å². The van der Waals surface area contributed by atoms with E-state index in [0.29, 0.717) is 23.0 Å². The first-order valence-corrected chi connectivity index (χ1v) is 7.55. The zero-order chi connectivity index (χ0) is 16.0. The fraction of sp³-hybridized carbons (Fsp3) is 0.158. The minimum absolute atomic E-state index is 0.0382. The molecule has 23 heavy (non-hydrogen) atoms. The highest BCUT2D eigenvalue weighted by Crippen LogP contribution is 2.36. The van der Waals surface area contributed by atoms with E-state index in [1.165, 1.54) is 11.6 Å². The topological polar surface area (TPSA) is 59.3 Å². The van der Waals surface area contributed by atoms with Gasteiger partial charge in [0.2, 0.25) is 0 Å². The van der Waals surface area contributed by atoms with Crippen molar-refractivity contribution >= 4 is 22.4 Å². The third-order valence-electron chi connectivity index (χ3n) is 4.28. The van der Waals surface area contributed by atoms with Crippen LogP contribution in [0.15, 0.2) is 57.7 Å². The number of ketones is 1. The second kappa shape index (κ2) is 5.09. The Kier molecular flexibility index (Phi) is 3.05. The van der Waals surface area contributed by atoms with Gasteiger partial charge in [0.1, 0.15) is 5.58 Å². The summed E-state index contributed by atoms with van der Waals surface area (Å²) in [7, 11) is 0. The molecule has 1 N–H and O–H groups in total. The van der Waals surface area contributed by atoms with Crippen molar-refractivity contribution in [2.75, 3.05) is 5.32 Å². The van der Waals surface area contributed by atoms with E-state index < -0.39 is 5.63 Å². The van der Waals surface area contributed by atoms with E-state index in [4.69, 9.17) is 4.42 Å². The van der Waals surface area contributed by atoms with E-state index in [1.807, 2.05) is 31.2 Å². The molecule has 4 nitrogen and oxygen atoms in total. The summed E-state index contributed by atoms with van der Waals surface area (Å²) in [6, 6.07) is 14.7. The van der Waals surface area contributed by atoms with Gasteiger partial charge in [-0.2, -0.15) is 0 Å². The molecule has 2 aromatic carbocycles. The monoisotopic (exact) mass is 305 g/mol. The average Bonchev–Trinajstić information content (AvgIpc) is 2.54. The van der Waals surface area contributed by atoms with Crippen molar-refractivity contribution in [3.63, 3.8) is 0 Å². The van der Waals surface area contributed by atoms with Gasteiger partial charge in [0, 0.05) is 23.6 Å². The lowest BCUT2D eigenvalue weighted by Crippen LogP contribution is -2.23. The molecule has 0 fully saturated rings. The van der Waals surface area contributed by atoms with Crippen LogP contribution in [0.2, 0.25) is 0 Å². The fourth-order valence-corrected chi connectivity index (χ4v) is 3.10. The van der Waals surface area contributed by atoms with E-state index in [1.54, 1.807) is 18.2 Å². The molecule has 1 aliphatic rings. The Labute approximate surface area is 132 Å². The number of carbonyl (C=O) groups is 1. The second-order valence-electron chi connectivity index (χ2n) is 5.89. The number of nitrogens with one attached hydrogen (secondary N) is 1. The number of hydrogen-bond acceptors (Lipinski definition) is 4. The maximum atomic E-state index is 12.7. The quantitative estimate of drug-likeness (QED) is 0.694. The van der Waals surface area contributed by atoms with Crippen molar-refractivity contribution in [1.29, 1.82) is 0 Å². The van der Waals surface area contributed by atoms with Crippen LogP contribution in [0.4, 0.5) is 5.69 Å². The standard InChI is InChI=1S/C19H15NO3/c1-11-2-4-12(5-3-11)15-10-16(21)19-13-6-9-18(22)23-17(13)8-7-14(19)20-15/h2-9,15,20H,10H2,1H3. The Balaban J connectivity index is 1.81. The predicted octanol–water partition coefficient (Wildman–Crippen LogP) is 3.84. The number of Topliss-reactive ketones (excluding diaryl/α,β-unsaturated/α-hetero) is 1. The smallest absolute Gasteiger partial charge is 0.336 e. The Morgan fingerprint density at radius 3 is 2.57 bits per heavy atom.